The first-order chi connectivity index (χ1) is 9.63. The Morgan fingerprint density at radius 3 is 2.95 bits per heavy atom. The van der Waals surface area contributed by atoms with E-state index in [-0.39, 0.29) is 10.8 Å². The smallest absolute Gasteiger partial charge is 0.0864 e. The highest BCUT2D eigenvalue weighted by molar-refractivity contribution is 7.83. The van der Waals surface area contributed by atoms with Crippen LogP contribution in [0.4, 0.5) is 0 Å². The first-order valence-electron chi connectivity index (χ1n) is 6.83. The maximum absolute atomic E-state index is 11.9. The molecule has 5 nitrogen and oxygen atoms in total. The molecule has 1 aromatic rings. The number of hydroxylamine groups is 1. The SMILES string of the molecule is CN([O-])S(=O)C1CC2(C1)c1ccccc1C1CN=CN12. The van der Waals surface area contributed by atoms with Gasteiger partial charge in [0.25, 0.3) is 0 Å². The third-order valence-corrected chi connectivity index (χ3v) is 6.22. The van der Waals surface area contributed by atoms with E-state index >= 15 is 0 Å². The number of aliphatic imine (C=N–C) groups is 1. The molecule has 0 amide bonds. The van der Waals surface area contributed by atoms with Crippen molar-refractivity contribution < 1.29 is 4.21 Å². The second-order valence-corrected chi connectivity index (χ2v) is 7.50. The molecule has 1 saturated carbocycles. The monoisotopic (exact) mass is 290 g/mol. The van der Waals surface area contributed by atoms with Gasteiger partial charge in [0.15, 0.2) is 0 Å². The fourth-order valence-corrected chi connectivity index (χ4v) is 5.14. The predicted octanol–water partition coefficient (Wildman–Crippen LogP) is 1.54. The van der Waals surface area contributed by atoms with E-state index in [0.717, 1.165) is 19.4 Å². The van der Waals surface area contributed by atoms with Crippen LogP contribution >= 0.6 is 0 Å². The highest BCUT2D eigenvalue weighted by Gasteiger charge is 2.58. The second kappa shape index (κ2) is 4.13. The summed E-state index contributed by atoms with van der Waals surface area (Å²) in [5, 5.41) is 11.2. The molecule has 6 heteroatoms. The Morgan fingerprint density at radius 1 is 1.45 bits per heavy atom. The van der Waals surface area contributed by atoms with Gasteiger partial charge in [-0.25, -0.2) is 4.21 Å². The van der Waals surface area contributed by atoms with Crippen LogP contribution in [0.25, 0.3) is 0 Å². The van der Waals surface area contributed by atoms with Crippen molar-refractivity contribution in [1.29, 1.82) is 0 Å². The van der Waals surface area contributed by atoms with Crippen molar-refractivity contribution >= 4 is 17.3 Å². The average Bonchev–Trinajstić information content (AvgIpc) is 2.95. The number of rotatable bonds is 2. The van der Waals surface area contributed by atoms with Crippen LogP contribution in [0.5, 0.6) is 0 Å². The van der Waals surface area contributed by atoms with Crippen molar-refractivity contribution in [3.8, 4) is 0 Å². The van der Waals surface area contributed by atoms with Gasteiger partial charge in [-0.2, -0.15) is 0 Å². The number of nitrogens with zero attached hydrogens (tertiary/aromatic N) is 3. The lowest BCUT2D eigenvalue weighted by Crippen LogP contribution is -2.55. The van der Waals surface area contributed by atoms with Crippen LogP contribution in [0.1, 0.15) is 30.0 Å². The van der Waals surface area contributed by atoms with E-state index in [9.17, 15) is 9.42 Å². The third-order valence-electron chi connectivity index (χ3n) is 4.80. The van der Waals surface area contributed by atoms with Gasteiger partial charge >= 0.3 is 0 Å². The zero-order chi connectivity index (χ0) is 13.9. The second-order valence-electron chi connectivity index (χ2n) is 5.77. The number of hydrogen-bond donors (Lipinski definition) is 0. The standard InChI is InChI=1S/C14H16N3O2S/c1-16(18)20(19)10-6-14(7-10)12-5-3-2-4-11(12)13-8-15-9-17(13)14/h2-5,9-10,13H,6-8H2,1H3/q-1. The van der Waals surface area contributed by atoms with Crippen molar-refractivity contribution in [3.63, 3.8) is 0 Å². The van der Waals surface area contributed by atoms with Gasteiger partial charge in [0.1, 0.15) is 0 Å². The van der Waals surface area contributed by atoms with E-state index < -0.39 is 11.0 Å². The van der Waals surface area contributed by atoms with Crippen LogP contribution in [0.15, 0.2) is 29.3 Å². The molecule has 0 radical (unpaired) electrons. The van der Waals surface area contributed by atoms with Gasteiger partial charge in [-0.15, -0.1) is 0 Å². The van der Waals surface area contributed by atoms with E-state index in [1.54, 1.807) is 0 Å². The molecular weight excluding hydrogens is 274 g/mol. The van der Waals surface area contributed by atoms with E-state index in [1.165, 1.54) is 18.2 Å². The van der Waals surface area contributed by atoms with Crippen LogP contribution in [0, 0.1) is 5.21 Å². The minimum absolute atomic E-state index is 0.0432. The number of hydrogen-bond acceptors (Lipinski definition) is 4. The highest BCUT2D eigenvalue weighted by atomic mass is 32.2. The van der Waals surface area contributed by atoms with Gasteiger partial charge in [0.05, 0.1) is 40.7 Å². The first kappa shape index (κ1) is 12.5. The Hall–Kier alpha value is -1.24. The normalized spacial score (nSPS) is 35.2. The van der Waals surface area contributed by atoms with Gasteiger partial charge in [-0.3, -0.25) is 4.99 Å². The van der Waals surface area contributed by atoms with Crippen molar-refractivity contribution in [1.82, 2.24) is 9.37 Å². The van der Waals surface area contributed by atoms with Crippen LogP contribution in [0.3, 0.4) is 0 Å². The fraction of sp³-hybridized carbons (Fsp3) is 0.500. The molecule has 20 heavy (non-hydrogen) atoms. The zero-order valence-electron chi connectivity index (χ0n) is 11.2. The molecule has 4 rings (SSSR count). The number of benzene rings is 1. The lowest BCUT2D eigenvalue weighted by molar-refractivity contribution is 0.0845. The summed E-state index contributed by atoms with van der Waals surface area (Å²) in [5.74, 6) is 0. The van der Waals surface area contributed by atoms with Gasteiger partial charge in [0, 0.05) is 0 Å². The molecule has 2 unspecified atom stereocenters. The minimum Gasteiger partial charge on any atom is -0.774 e. The molecule has 106 valence electrons. The molecule has 2 heterocycles. The Balaban J connectivity index is 1.69. The summed E-state index contributed by atoms with van der Waals surface area (Å²) in [6.07, 6.45) is 3.47. The Bertz CT molecular complexity index is 610. The quantitative estimate of drug-likeness (QED) is 0.776. The molecule has 2 aliphatic heterocycles. The van der Waals surface area contributed by atoms with Crippen LogP contribution < -0.4 is 0 Å². The van der Waals surface area contributed by atoms with Crippen molar-refractivity contribution in [2.45, 2.75) is 29.7 Å². The lowest BCUT2D eigenvalue weighted by atomic mass is 9.71. The molecule has 0 bridgehead atoms. The number of fused-ring (bicyclic) bond motifs is 5. The van der Waals surface area contributed by atoms with Crippen LogP contribution in [0.2, 0.25) is 0 Å². The minimum atomic E-state index is -1.43. The zero-order valence-corrected chi connectivity index (χ0v) is 12.0. The molecule has 3 aliphatic rings. The lowest BCUT2D eigenvalue weighted by Gasteiger charge is -2.51. The fourth-order valence-electron chi connectivity index (χ4n) is 3.89. The molecule has 0 aromatic heterocycles. The van der Waals surface area contributed by atoms with Crippen molar-refractivity contribution in [3.05, 3.63) is 40.6 Å². The molecule has 2 atom stereocenters. The molecule has 1 fully saturated rings. The topological polar surface area (TPSA) is 59.0 Å². The largest absolute Gasteiger partial charge is 0.774 e. The first-order valence-corrected chi connectivity index (χ1v) is 8.00. The maximum atomic E-state index is 11.9. The molecular formula is C14H16N3O2S-. The summed E-state index contributed by atoms with van der Waals surface area (Å²) < 4.78 is 12.5. The van der Waals surface area contributed by atoms with E-state index in [2.05, 4.69) is 34.2 Å². The summed E-state index contributed by atoms with van der Waals surface area (Å²) in [5.41, 5.74) is 2.58. The van der Waals surface area contributed by atoms with Crippen LogP contribution in [-0.2, 0) is 16.5 Å². The summed E-state index contributed by atoms with van der Waals surface area (Å²) in [6.45, 7) is 0.800. The molecule has 1 aliphatic carbocycles. The van der Waals surface area contributed by atoms with Gasteiger partial charge in [-0.1, -0.05) is 24.3 Å². The molecule has 0 N–H and O–H groups in total. The Kier molecular flexibility index (Phi) is 2.58. The molecule has 0 saturated heterocycles. The Morgan fingerprint density at radius 2 is 2.20 bits per heavy atom. The van der Waals surface area contributed by atoms with Crippen molar-refractivity contribution in [2.24, 2.45) is 4.99 Å². The Labute approximate surface area is 120 Å². The summed E-state index contributed by atoms with van der Waals surface area (Å²) in [6, 6.07) is 8.78. The van der Waals surface area contributed by atoms with Gasteiger partial charge in [0.2, 0.25) is 0 Å². The summed E-state index contributed by atoms with van der Waals surface area (Å²) in [7, 11) is -0.0926. The van der Waals surface area contributed by atoms with Crippen LogP contribution in [-0.4, -0.2) is 38.8 Å². The van der Waals surface area contributed by atoms with Gasteiger partial charge in [-0.05, 0) is 31.0 Å². The molecule has 1 spiro atoms. The molecule has 1 aromatic carbocycles. The predicted molar refractivity (Wildman–Crippen MR) is 78.4 cm³/mol. The van der Waals surface area contributed by atoms with Gasteiger partial charge < -0.3 is 14.6 Å². The highest BCUT2D eigenvalue weighted by Crippen LogP contribution is 2.58. The summed E-state index contributed by atoms with van der Waals surface area (Å²) in [4.78, 5) is 6.72. The third kappa shape index (κ3) is 1.44. The van der Waals surface area contributed by atoms with E-state index in [1.807, 2.05) is 6.34 Å². The van der Waals surface area contributed by atoms with Crippen molar-refractivity contribution in [2.75, 3.05) is 13.6 Å². The van der Waals surface area contributed by atoms with E-state index in [0.29, 0.717) is 10.5 Å². The van der Waals surface area contributed by atoms with E-state index in [4.69, 9.17) is 0 Å². The average molecular weight is 290 g/mol. The maximum Gasteiger partial charge on any atom is 0.0864 e. The summed E-state index contributed by atoms with van der Waals surface area (Å²) >= 11 is 0.